The molecule has 0 spiro atoms. The van der Waals surface area contributed by atoms with Crippen LogP contribution in [-0.4, -0.2) is 55.8 Å². The smallest absolute Gasteiger partial charge is 0.170 e. The van der Waals surface area contributed by atoms with E-state index in [-0.39, 0.29) is 12.9 Å². The van der Waals surface area contributed by atoms with Gasteiger partial charge in [0, 0.05) is 32.9 Å². The van der Waals surface area contributed by atoms with Gasteiger partial charge < -0.3 is 14.6 Å². The number of nitrogens with zero attached hydrogens (tertiary/aromatic N) is 1. The third-order valence-electron chi connectivity index (χ3n) is 2.19. The highest BCUT2D eigenvalue weighted by Crippen LogP contribution is 2.00. The molecule has 0 rings (SSSR count). The van der Waals surface area contributed by atoms with E-state index < -0.39 is 0 Å². The molecule has 0 aliphatic rings. The fraction of sp³-hybridized carbons (Fsp3) is 1.00. The van der Waals surface area contributed by atoms with Gasteiger partial charge in [0.05, 0.1) is 0 Å². The van der Waals surface area contributed by atoms with E-state index in [1.54, 1.807) is 0 Å². The third-order valence-corrected chi connectivity index (χ3v) is 2.19. The molecule has 0 saturated heterocycles. The molecular formula is C11H25NO3. The summed E-state index contributed by atoms with van der Waals surface area (Å²) in [6.07, 6.45) is 0.664. The molecule has 0 fully saturated rings. The van der Waals surface area contributed by atoms with E-state index in [2.05, 4.69) is 11.8 Å². The Hall–Kier alpha value is -0.160. The van der Waals surface area contributed by atoms with Crippen LogP contribution in [0.25, 0.3) is 0 Å². The molecule has 92 valence electrons. The first-order valence-electron chi connectivity index (χ1n) is 5.84. The van der Waals surface area contributed by atoms with Crippen LogP contribution in [-0.2, 0) is 9.47 Å². The van der Waals surface area contributed by atoms with Gasteiger partial charge in [0.15, 0.2) is 6.29 Å². The van der Waals surface area contributed by atoms with Crippen LogP contribution in [0.2, 0.25) is 0 Å². The van der Waals surface area contributed by atoms with Gasteiger partial charge in [-0.3, -0.25) is 4.90 Å². The third kappa shape index (κ3) is 7.73. The molecular weight excluding hydrogens is 194 g/mol. The van der Waals surface area contributed by atoms with Crippen molar-refractivity contribution in [1.29, 1.82) is 0 Å². The molecule has 0 bridgehead atoms. The van der Waals surface area contributed by atoms with Crippen molar-refractivity contribution in [2.75, 3.05) is 39.5 Å². The Balaban J connectivity index is 3.85. The second kappa shape index (κ2) is 10.4. The van der Waals surface area contributed by atoms with Crippen LogP contribution in [0.5, 0.6) is 0 Å². The Kier molecular flexibility index (Phi) is 10.3. The number of hydrogen-bond acceptors (Lipinski definition) is 4. The van der Waals surface area contributed by atoms with Gasteiger partial charge in [0.1, 0.15) is 0 Å². The number of rotatable bonds is 10. The number of aliphatic hydroxyl groups excluding tert-OH is 1. The lowest BCUT2D eigenvalue weighted by Gasteiger charge is -2.25. The first-order chi connectivity index (χ1) is 7.28. The van der Waals surface area contributed by atoms with E-state index in [9.17, 15) is 0 Å². The van der Waals surface area contributed by atoms with E-state index in [0.29, 0.717) is 13.2 Å². The van der Waals surface area contributed by atoms with E-state index in [1.165, 1.54) is 0 Å². The van der Waals surface area contributed by atoms with Crippen LogP contribution in [0.4, 0.5) is 0 Å². The zero-order valence-electron chi connectivity index (χ0n) is 10.2. The van der Waals surface area contributed by atoms with Gasteiger partial charge >= 0.3 is 0 Å². The molecule has 0 unspecified atom stereocenters. The lowest BCUT2D eigenvalue weighted by atomic mass is 10.4. The quantitative estimate of drug-likeness (QED) is 0.558. The molecule has 0 aromatic carbocycles. The van der Waals surface area contributed by atoms with Crippen molar-refractivity contribution in [1.82, 2.24) is 4.90 Å². The molecule has 0 aliphatic heterocycles. The Morgan fingerprint density at radius 3 is 2.13 bits per heavy atom. The van der Waals surface area contributed by atoms with Crippen molar-refractivity contribution in [2.45, 2.75) is 33.5 Å². The van der Waals surface area contributed by atoms with Crippen LogP contribution in [0.1, 0.15) is 27.2 Å². The maximum atomic E-state index is 8.76. The van der Waals surface area contributed by atoms with Crippen molar-refractivity contribution in [3.8, 4) is 0 Å². The first kappa shape index (κ1) is 14.8. The largest absolute Gasteiger partial charge is 0.396 e. The Bertz CT molecular complexity index is 127. The van der Waals surface area contributed by atoms with Crippen molar-refractivity contribution in [3.63, 3.8) is 0 Å². The lowest BCUT2D eigenvalue weighted by molar-refractivity contribution is -0.147. The molecule has 1 N–H and O–H groups in total. The molecule has 0 heterocycles. The highest BCUT2D eigenvalue weighted by atomic mass is 16.7. The van der Waals surface area contributed by atoms with Crippen LogP contribution in [0.3, 0.4) is 0 Å². The minimum absolute atomic E-state index is 0.140. The van der Waals surface area contributed by atoms with Gasteiger partial charge in [0.2, 0.25) is 0 Å². The highest BCUT2D eigenvalue weighted by molar-refractivity contribution is 4.58. The van der Waals surface area contributed by atoms with Gasteiger partial charge in [-0.1, -0.05) is 6.92 Å². The van der Waals surface area contributed by atoms with E-state index in [4.69, 9.17) is 14.6 Å². The molecule has 0 aromatic heterocycles. The SMILES string of the molecule is CCOC(CN(CC)CCCO)OCC. The number of hydrogen-bond donors (Lipinski definition) is 1. The fourth-order valence-electron chi connectivity index (χ4n) is 1.41. The van der Waals surface area contributed by atoms with Gasteiger partial charge in [0.25, 0.3) is 0 Å². The molecule has 15 heavy (non-hydrogen) atoms. The average Bonchev–Trinajstić information content (AvgIpc) is 2.24. The summed E-state index contributed by atoms with van der Waals surface area (Å²) in [7, 11) is 0. The molecule has 0 aliphatic carbocycles. The Morgan fingerprint density at radius 1 is 1.13 bits per heavy atom. The summed E-state index contributed by atoms with van der Waals surface area (Å²) >= 11 is 0. The van der Waals surface area contributed by atoms with E-state index in [0.717, 1.165) is 26.1 Å². The van der Waals surface area contributed by atoms with Crippen molar-refractivity contribution in [3.05, 3.63) is 0 Å². The van der Waals surface area contributed by atoms with Crippen molar-refractivity contribution in [2.24, 2.45) is 0 Å². The molecule has 0 atom stereocenters. The fourth-order valence-corrected chi connectivity index (χ4v) is 1.41. The van der Waals surface area contributed by atoms with Crippen molar-refractivity contribution >= 4 is 0 Å². The second-order valence-electron chi connectivity index (χ2n) is 3.31. The average molecular weight is 219 g/mol. The van der Waals surface area contributed by atoms with Crippen LogP contribution in [0.15, 0.2) is 0 Å². The first-order valence-corrected chi connectivity index (χ1v) is 5.84. The number of aliphatic hydroxyl groups is 1. The minimum Gasteiger partial charge on any atom is -0.396 e. The molecule has 0 radical (unpaired) electrons. The normalized spacial score (nSPS) is 11.6. The molecule has 0 aromatic rings. The summed E-state index contributed by atoms with van der Waals surface area (Å²) in [4.78, 5) is 2.23. The minimum atomic E-state index is -0.140. The Morgan fingerprint density at radius 2 is 1.73 bits per heavy atom. The summed E-state index contributed by atoms with van der Waals surface area (Å²) in [5.41, 5.74) is 0. The predicted octanol–water partition coefficient (Wildman–Crippen LogP) is 1.09. The maximum Gasteiger partial charge on any atom is 0.170 e. The molecule has 0 amide bonds. The zero-order valence-corrected chi connectivity index (χ0v) is 10.2. The lowest BCUT2D eigenvalue weighted by Crippen LogP contribution is -2.36. The van der Waals surface area contributed by atoms with Gasteiger partial charge in [-0.25, -0.2) is 0 Å². The zero-order chi connectivity index (χ0) is 11.5. The summed E-state index contributed by atoms with van der Waals surface area (Å²) in [5.74, 6) is 0. The van der Waals surface area contributed by atoms with Crippen molar-refractivity contribution < 1.29 is 14.6 Å². The number of likely N-dealkylation sites (N-methyl/N-ethyl adjacent to an activating group) is 1. The summed E-state index contributed by atoms with van der Waals surface area (Å²) in [6, 6.07) is 0. The van der Waals surface area contributed by atoms with Crippen LogP contribution in [0, 0.1) is 0 Å². The summed E-state index contributed by atoms with van der Waals surface area (Å²) in [5, 5.41) is 8.76. The molecule has 4 nitrogen and oxygen atoms in total. The standard InChI is InChI=1S/C11H25NO3/c1-4-12(8-7-9-13)10-11(14-5-2)15-6-3/h11,13H,4-10H2,1-3H3. The maximum absolute atomic E-state index is 8.76. The summed E-state index contributed by atoms with van der Waals surface area (Å²) in [6.45, 7) is 10.2. The topological polar surface area (TPSA) is 41.9 Å². The Labute approximate surface area is 93.2 Å². The van der Waals surface area contributed by atoms with E-state index in [1.807, 2.05) is 13.8 Å². The molecule has 0 saturated carbocycles. The van der Waals surface area contributed by atoms with Gasteiger partial charge in [-0.05, 0) is 26.8 Å². The van der Waals surface area contributed by atoms with Gasteiger partial charge in [-0.15, -0.1) is 0 Å². The second-order valence-corrected chi connectivity index (χ2v) is 3.31. The van der Waals surface area contributed by atoms with Crippen LogP contribution < -0.4 is 0 Å². The predicted molar refractivity (Wildman–Crippen MR) is 60.9 cm³/mol. The monoisotopic (exact) mass is 219 g/mol. The van der Waals surface area contributed by atoms with Crippen LogP contribution >= 0.6 is 0 Å². The summed E-state index contributed by atoms with van der Waals surface area (Å²) < 4.78 is 10.9. The molecule has 4 heteroatoms. The van der Waals surface area contributed by atoms with E-state index >= 15 is 0 Å². The highest BCUT2D eigenvalue weighted by Gasteiger charge is 2.12. The number of ether oxygens (including phenoxy) is 2. The van der Waals surface area contributed by atoms with Gasteiger partial charge in [-0.2, -0.15) is 0 Å².